The van der Waals surface area contributed by atoms with Gasteiger partial charge in [-0.05, 0) is 71.3 Å². The van der Waals surface area contributed by atoms with Gasteiger partial charge in [0.05, 0.1) is 45.0 Å². The lowest BCUT2D eigenvalue weighted by molar-refractivity contribution is 1.17. The Morgan fingerprint density at radius 2 is 0.896 bits per heavy atom. The van der Waals surface area contributed by atoms with E-state index in [9.17, 15) is 10.5 Å². The van der Waals surface area contributed by atoms with E-state index in [4.69, 9.17) is 0 Å². The first kappa shape index (κ1) is 27.4. The Morgan fingerprint density at radius 3 is 1.42 bits per heavy atom. The van der Waals surface area contributed by atoms with Crippen molar-refractivity contribution in [1.82, 2.24) is 9.13 Å². The van der Waals surface area contributed by atoms with Gasteiger partial charge in [-0.3, -0.25) is 0 Å². The van der Waals surface area contributed by atoms with E-state index >= 15 is 0 Å². The molecule has 7 aromatic carbocycles. The number of para-hydroxylation sites is 4. The molecule has 0 fully saturated rings. The second kappa shape index (κ2) is 10.9. The standard InChI is InChI=1S/C44H26N4/c45-27-29-24-33(28-46)44(48-42-18-7-3-14-37(42)38-15-4-8-19-43(38)48)39(25-29)32-11-9-10-31(26-32)30-20-22-34(23-21-30)47-40-16-5-1-12-35(40)36-13-2-6-17-41(36)47/h1-26H. The highest BCUT2D eigenvalue weighted by Gasteiger charge is 2.20. The third kappa shape index (κ3) is 4.14. The molecule has 0 saturated carbocycles. The molecule has 9 rings (SSSR count). The molecule has 2 aromatic heterocycles. The van der Waals surface area contributed by atoms with Gasteiger partial charge in [0, 0.05) is 32.8 Å². The van der Waals surface area contributed by atoms with Gasteiger partial charge in [0.25, 0.3) is 0 Å². The molecule has 2 heterocycles. The first-order valence-electron chi connectivity index (χ1n) is 15.9. The molecular weight excluding hydrogens is 585 g/mol. The topological polar surface area (TPSA) is 57.4 Å². The van der Waals surface area contributed by atoms with Gasteiger partial charge < -0.3 is 9.13 Å². The van der Waals surface area contributed by atoms with Crippen molar-refractivity contribution in [3.8, 4) is 45.8 Å². The van der Waals surface area contributed by atoms with Gasteiger partial charge in [0.15, 0.2) is 0 Å². The van der Waals surface area contributed by atoms with E-state index in [0.29, 0.717) is 11.1 Å². The Balaban J connectivity index is 1.21. The van der Waals surface area contributed by atoms with Crippen LogP contribution in [0.5, 0.6) is 0 Å². The van der Waals surface area contributed by atoms with Crippen molar-refractivity contribution in [2.24, 2.45) is 0 Å². The van der Waals surface area contributed by atoms with Crippen LogP contribution in [-0.2, 0) is 0 Å². The number of hydrogen-bond donors (Lipinski definition) is 0. The van der Waals surface area contributed by atoms with Gasteiger partial charge in [0.2, 0.25) is 0 Å². The summed E-state index contributed by atoms with van der Waals surface area (Å²) in [6.07, 6.45) is 0. The first-order valence-corrected chi connectivity index (χ1v) is 15.9. The number of aromatic nitrogens is 2. The van der Waals surface area contributed by atoms with E-state index < -0.39 is 0 Å². The zero-order valence-electron chi connectivity index (χ0n) is 25.8. The van der Waals surface area contributed by atoms with Crippen molar-refractivity contribution in [2.75, 3.05) is 0 Å². The second-order valence-electron chi connectivity index (χ2n) is 12.0. The van der Waals surface area contributed by atoms with Crippen LogP contribution in [0.2, 0.25) is 0 Å². The predicted molar refractivity (Wildman–Crippen MR) is 195 cm³/mol. The maximum atomic E-state index is 10.4. The fourth-order valence-electron chi connectivity index (χ4n) is 7.28. The Hall–Kier alpha value is -6.88. The van der Waals surface area contributed by atoms with Crippen molar-refractivity contribution in [1.29, 1.82) is 10.5 Å². The summed E-state index contributed by atoms with van der Waals surface area (Å²) in [7, 11) is 0. The SMILES string of the molecule is N#Cc1cc(C#N)c(-n2c3ccccc3c3ccccc32)c(-c2cccc(-c3ccc(-n4c5ccccc5c5ccccc54)cc3)c2)c1. The maximum Gasteiger partial charge on any atom is 0.101 e. The average molecular weight is 611 g/mol. The summed E-state index contributed by atoms with van der Waals surface area (Å²) in [5, 5.41) is 25.1. The molecule has 48 heavy (non-hydrogen) atoms. The lowest BCUT2D eigenvalue weighted by Gasteiger charge is -2.17. The van der Waals surface area contributed by atoms with Gasteiger partial charge in [-0.15, -0.1) is 0 Å². The quantitative estimate of drug-likeness (QED) is 0.199. The van der Waals surface area contributed by atoms with Gasteiger partial charge in [-0.25, -0.2) is 0 Å². The molecule has 0 N–H and O–H groups in total. The number of fused-ring (bicyclic) bond motifs is 6. The molecule has 0 amide bonds. The van der Waals surface area contributed by atoms with Crippen LogP contribution in [0.1, 0.15) is 11.1 Å². The molecule has 0 spiro atoms. The van der Waals surface area contributed by atoms with Crippen molar-refractivity contribution in [3.63, 3.8) is 0 Å². The van der Waals surface area contributed by atoms with E-state index in [1.54, 1.807) is 6.07 Å². The highest BCUT2D eigenvalue weighted by Crippen LogP contribution is 2.40. The Bertz CT molecular complexity index is 2690. The van der Waals surface area contributed by atoms with Crippen LogP contribution in [0, 0.1) is 22.7 Å². The highest BCUT2D eigenvalue weighted by atomic mass is 15.0. The first-order chi connectivity index (χ1) is 23.7. The lowest BCUT2D eigenvalue weighted by Crippen LogP contribution is -2.02. The summed E-state index contributed by atoms with van der Waals surface area (Å²) < 4.78 is 4.49. The van der Waals surface area contributed by atoms with Crippen LogP contribution in [-0.4, -0.2) is 9.13 Å². The van der Waals surface area contributed by atoms with E-state index in [1.165, 1.54) is 21.8 Å². The largest absolute Gasteiger partial charge is 0.309 e. The third-order valence-corrected chi connectivity index (χ3v) is 9.38. The maximum absolute atomic E-state index is 10.4. The van der Waals surface area contributed by atoms with Crippen LogP contribution in [0.25, 0.3) is 77.2 Å². The zero-order valence-corrected chi connectivity index (χ0v) is 25.8. The monoisotopic (exact) mass is 610 g/mol. The number of hydrogen-bond acceptors (Lipinski definition) is 2. The van der Waals surface area contributed by atoms with Crippen molar-refractivity contribution in [2.45, 2.75) is 0 Å². The highest BCUT2D eigenvalue weighted by molar-refractivity contribution is 6.10. The summed E-state index contributed by atoms with van der Waals surface area (Å²) >= 11 is 0. The molecule has 9 aromatic rings. The Labute approximate surface area is 277 Å². The lowest BCUT2D eigenvalue weighted by atomic mass is 9.94. The summed E-state index contributed by atoms with van der Waals surface area (Å²) in [5.41, 5.74) is 11.1. The minimum atomic E-state index is 0.451. The Kier molecular flexibility index (Phi) is 6.22. The fraction of sp³-hybridized carbons (Fsp3) is 0. The van der Waals surface area contributed by atoms with Gasteiger partial charge in [-0.2, -0.15) is 10.5 Å². The van der Waals surface area contributed by atoms with Gasteiger partial charge in [-0.1, -0.05) is 103 Å². The normalized spacial score (nSPS) is 11.3. The minimum Gasteiger partial charge on any atom is -0.309 e. The predicted octanol–water partition coefficient (Wildman–Crippen LogP) is 11.0. The minimum absolute atomic E-state index is 0.451. The van der Waals surface area contributed by atoms with E-state index in [-0.39, 0.29) is 0 Å². The molecule has 0 bridgehead atoms. The number of nitrogens with zero attached hydrogens (tertiary/aromatic N) is 4. The van der Waals surface area contributed by atoms with Gasteiger partial charge >= 0.3 is 0 Å². The summed E-state index contributed by atoms with van der Waals surface area (Å²) in [6, 6.07) is 59.0. The van der Waals surface area contributed by atoms with Crippen molar-refractivity contribution in [3.05, 3.63) is 169 Å². The van der Waals surface area contributed by atoms with E-state index in [2.05, 4.69) is 137 Å². The third-order valence-electron chi connectivity index (χ3n) is 9.38. The molecule has 0 radical (unpaired) electrons. The smallest absolute Gasteiger partial charge is 0.101 e. The Morgan fingerprint density at radius 1 is 0.396 bits per heavy atom. The number of nitriles is 2. The molecule has 0 aliphatic rings. The van der Waals surface area contributed by atoms with Crippen LogP contribution in [0.3, 0.4) is 0 Å². The van der Waals surface area contributed by atoms with Crippen molar-refractivity contribution < 1.29 is 0 Å². The van der Waals surface area contributed by atoms with Gasteiger partial charge in [0.1, 0.15) is 6.07 Å². The molecule has 222 valence electrons. The molecule has 0 aliphatic heterocycles. The summed E-state index contributed by atoms with van der Waals surface area (Å²) in [6.45, 7) is 0. The molecule has 4 heteroatoms. The van der Waals surface area contributed by atoms with Crippen LogP contribution in [0.4, 0.5) is 0 Å². The molecule has 0 unspecified atom stereocenters. The van der Waals surface area contributed by atoms with Crippen LogP contribution < -0.4 is 0 Å². The molecule has 0 atom stereocenters. The fourth-order valence-corrected chi connectivity index (χ4v) is 7.28. The van der Waals surface area contributed by atoms with Crippen LogP contribution in [0.15, 0.2) is 158 Å². The zero-order chi connectivity index (χ0) is 32.2. The van der Waals surface area contributed by atoms with E-state index in [1.807, 2.05) is 36.4 Å². The average Bonchev–Trinajstić information content (AvgIpc) is 3.67. The van der Waals surface area contributed by atoms with Crippen molar-refractivity contribution >= 4 is 43.6 Å². The van der Waals surface area contributed by atoms with E-state index in [0.717, 1.165) is 55.4 Å². The second-order valence-corrected chi connectivity index (χ2v) is 12.0. The number of benzene rings is 7. The number of rotatable bonds is 4. The summed E-state index contributed by atoms with van der Waals surface area (Å²) in [4.78, 5) is 0. The summed E-state index contributed by atoms with van der Waals surface area (Å²) in [5.74, 6) is 0. The molecule has 0 aliphatic carbocycles. The molecular formula is C44H26N4. The molecule has 4 nitrogen and oxygen atoms in total. The van der Waals surface area contributed by atoms with Crippen LogP contribution >= 0.6 is 0 Å². The molecule has 0 saturated heterocycles.